The van der Waals surface area contributed by atoms with Crippen LogP contribution in [0.4, 0.5) is 4.39 Å². The molecule has 1 nitrogen and oxygen atoms in total. The van der Waals surface area contributed by atoms with E-state index in [-0.39, 0.29) is 11.6 Å². The average Bonchev–Trinajstić information content (AvgIpc) is 2.52. The zero-order valence-electron chi connectivity index (χ0n) is 11.4. The number of phenolic OH excluding ortho intramolecular Hbond substituents is 1. The molecule has 0 atom stereocenters. The van der Waals surface area contributed by atoms with Crippen molar-refractivity contribution in [2.45, 2.75) is 0 Å². The molecule has 0 aliphatic rings. The summed E-state index contributed by atoms with van der Waals surface area (Å²) in [5, 5.41) is 10.5. The lowest BCUT2D eigenvalue weighted by atomic mass is 9.97. The normalized spacial score (nSPS) is 10.7. The Bertz CT molecular complexity index is 834. The van der Waals surface area contributed by atoms with E-state index in [1.165, 1.54) is 6.07 Å². The van der Waals surface area contributed by atoms with E-state index in [0.717, 1.165) is 5.56 Å². The highest BCUT2D eigenvalue weighted by Gasteiger charge is 2.15. The summed E-state index contributed by atoms with van der Waals surface area (Å²) in [6, 6.07) is 17.4. The second-order valence-corrected chi connectivity index (χ2v) is 6.08. The summed E-state index contributed by atoms with van der Waals surface area (Å²) < 4.78 is 15.5. The summed E-state index contributed by atoms with van der Waals surface area (Å²) in [7, 11) is 0. The molecular weight excluding hydrogens is 367 g/mol. The molecule has 1 N–H and O–H groups in total. The number of benzene rings is 3. The van der Waals surface area contributed by atoms with Gasteiger partial charge < -0.3 is 5.11 Å². The summed E-state index contributed by atoms with van der Waals surface area (Å²) in [6.07, 6.45) is 0. The number of halogens is 3. The highest BCUT2D eigenvalue weighted by Crippen LogP contribution is 2.39. The van der Waals surface area contributed by atoms with Crippen LogP contribution in [-0.2, 0) is 0 Å². The third kappa shape index (κ3) is 2.74. The zero-order chi connectivity index (χ0) is 15.7. The van der Waals surface area contributed by atoms with Crippen molar-refractivity contribution in [2.75, 3.05) is 0 Å². The van der Waals surface area contributed by atoms with Crippen LogP contribution in [0.3, 0.4) is 0 Å². The number of phenols is 1. The number of hydrogen-bond donors (Lipinski definition) is 1. The van der Waals surface area contributed by atoms with E-state index in [1.54, 1.807) is 24.3 Å². The van der Waals surface area contributed by atoms with Crippen molar-refractivity contribution < 1.29 is 9.50 Å². The second-order valence-electron chi connectivity index (χ2n) is 4.82. The third-order valence-corrected chi connectivity index (χ3v) is 4.61. The highest BCUT2D eigenvalue weighted by atomic mass is 79.9. The lowest BCUT2D eigenvalue weighted by Crippen LogP contribution is -1.90. The molecule has 0 fully saturated rings. The number of rotatable bonds is 2. The Morgan fingerprint density at radius 1 is 0.864 bits per heavy atom. The lowest BCUT2D eigenvalue weighted by molar-refractivity contribution is 0.476. The van der Waals surface area contributed by atoms with Gasteiger partial charge in [0.1, 0.15) is 11.6 Å². The summed E-state index contributed by atoms with van der Waals surface area (Å²) in [4.78, 5) is 0. The Hall–Kier alpha value is -1.84. The standard InChI is InChI=1S/C18H11BrClFO/c19-15-9-14(17(22)10-16(15)20)13-8-4-7-12(18(13)21)11-5-2-1-3-6-11/h1-10,22H. The monoisotopic (exact) mass is 376 g/mol. The summed E-state index contributed by atoms with van der Waals surface area (Å²) in [5.41, 5.74) is 2.00. The maximum atomic E-state index is 14.9. The molecule has 0 unspecified atom stereocenters. The van der Waals surface area contributed by atoms with Gasteiger partial charge in [0.15, 0.2) is 0 Å². The predicted molar refractivity (Wildman–Crippen MR) is 91.6 cm³/mol. The third-order valence-electron chi connectivity index (χ3n) is 3.41. The Kier molecular flexibility index (Phi) is 4.19. The van der Waals surface area contributed by atoms with Crippen LogP contribution >= 0.6 is 27.5 Å². The van der Waals surface area contributed by atoms with Crippen molar-refractivity contribution in [3.8, 4) is 28.0 Å². The second kappa shape index (κ2) is 6.11. The minimum absolute atomic E-state index is 0.0580. The van der Waals surface area contributed by atoms with Crippen molar-refractivity contribution in [1.82, 2.24) is 0 Å². The smallest absolute Gasteiger partial charge is 0.138 e. The molecule has 0 radical (unpaired) electrons. The molecule has 22 heavy (non-hydrogen) atoms. The summed E-state index contributed by atoms with van der Waals surface area (Å²) in [6.45, 7) is 0. The van der Waals surface area contributed by atoms with Gasteiger partial charge in [-0.3, -0.25) is 0 Å². The van der Waals surface area contributed by atoms with Gasteiger partial charge in [0.25, 0.3) is 0 Å². The highest BCUT2D eigenvalue weighted by molar-refractivity contribution is 9.10. The fourth-order valence-corrected chi connectivity index (χ4v) is 2.83. The van der Waals surface area contributed by atoms with E-state index in [4.69, 9.17) is 11.6 Å². The molecule has 110 valence electrons. The van der Waals surface area contributed by atoms with Crippen LogP contribution in [0.2, 0.25) is 5.02 Å². The summed E-state index contributed by atoms with van der Waals surface area (Å²) >= 11 is 9.24. The Morgan fingerprint density at radius 2 is 1.55 bits per heavy atom. The first-order valence-corrected chi connectivity index (χ1v) is 7.77. The van der Waals surface area contributed by atoms with Crippen molar-refractivity contribution in [3.63, 3.8) is 0 Å². The van der Waals surface area contributed by atoms with Crippen molar-refractivity contribution in [2.24, 2.45) is 0 Å². The van der Waals surface area contributed by atoms with E-state index in [2.05, 4.69) is 15.9 Å². The molecule has 0 heterocycles. The van der Waals surface area contributed by atoms with Crippen LogP contribution < -0.4 is 0 Å². The molecule has 0 amide bonds. The van der Waals surface area contributed by atoms with Crippen molar-refractivity contribution in [1.29, 1.82) is 0 Å². The van der Waals surface area contributed by atoms with Gasteiger partial charge in [0.2, 0.25) is 0 Å². The lowest BCUT2D eigenvalue weighted by Gasteiger charge is -2.11. The van der Waals surface area contributed by atoms with Gasteiger partial charge >= 0.3 is 0 Å². The van der Waals surface area contributed by atoms with E-state index in [9.17, 15) is 9.50 Å². The molecule has 0 aromatic heterocycles. The summed E-state index contributed by atoms with van der Waals surface area (Å²) in [5.74, 6) is -0.435. The van der Waals surface area contributed by atoms with Gasteiger partial charge in [-0.2, -0.15) is 0 Å². The SMILES string of the molecule is Oc1cc(Cl)c(Br)cc1-c1cccc(-c2ccccc2)c1F. The zero-order valence-corrected chi connectivity index (χ0v) is 13.7. The first-order chi connectivity index (χ1) is 10.6. The Labute approximate surface area is 141 Å². The van der Waals surface area contributed by atoms with E-state index in [1.807, 2.05) is 30.3 Å². The quantitative estimate of drug-likeness (QED) is 0.557. The van der Waals surface area contributed by atoms with Crippen molar-refractivity contribution in [3.05, 3.63) is 76.0 Å². The molecule has 3 aromatic rings. The number of hydrogen-bond acceptors (Lipinski definition) is 1. The predicted octanol–water partition coefficient (Wildman–Crippen LogP) is 6.28. The molecular formula is C18H11BrClFO. The fourth-order valence-electron chi connectivity index (χ4n) is 2.33. The van der Waals surface area contributed by atoms with Gasteiger partial charge in [-0.05, 0) is 27.6 Å². The van der Waals surface area contributed by atoms with E-state index in [0.29, 0.717) is 26.2 Å². The largest absolute Gasteiger partial charge is 0.507 e. The van der Waals surface area contributed by atoms with Gasteiger partial charge in [-0.15, -0.1) is 0 Å². The van der Waals surface area contributed by atoms with Gasteiger partial charge in [-0.25, -0.2) is 4.39 Å². The van der Waals surface area contributed by atoms with Crippen LogP contribution in [-0.4, -0.2) is 5.11 Å². The van der Waals surface area contributed by atoms with Gasteiger partial charge in [-0.1, -0.05) is 60.1 Å². The van der Waals surface area contributed by atoms with Gasteiger partial charge in [0, 0.05) is 27.2 Å². The van der Waals surface area contributed by atoms with Crippen LogP contribution in [0.5, 0.6) is 5.75 Å². The Morgan fingerprint density at radius 3 is 2.27 bits per heavy atom. The molecule has 0 aliphatic heterocycles. The molecule has 4 heteroatoms. The first-order valence-electron chi connectivity index (χ1n) is 6.60. The number of aromatic hydroxyl groups is 1. The molecule has 3 rings (SSSR count). The van der Waals surface area contributed by atoms with Crippen LogP contribution in [0.25, 0.3) is 22.3 Å². The molecule has 0 bridgehead atoms. The van der Waals surface area contributed by atoms with E-state index >= 15 is 0 Å². The minimum Gasteiger partial charge on any atom is -0.507 e. The van der Waals surface area contributed by atoms with Crippen LogP contribution in [0, 0.1) is 5.82 Å². The van der Waals surface area contributed by atoms with Crippen LogP contribution in [0.1, 0.15) is 0 Å². The van der Waals surface area contributed by atoms with Crippen LogP contribution in [0.15, 0.2) is 65.1 Å². The first kappa shape index (κ1) is 15.1. The molecule has 3 aromatic carbocycles. The maximum Gasteiger partial charge on any atom is 0.138 e. The maximum absolute atomic E-state index is 14.9. The molecule has 0 aliphatic carbocycles. The molecule has 0 spiro atoms. The van der Waals surface area contributed by atoms with E-state index < -0.39 is 0 Å². The topological polar surface area (TPSA) is 20.2 Å². The average molecular weight is 378 g/mol. The molecule has 0 saturated heterocycles. The minimum atomic E-state index is -0.377. The van der Waals surface area contributed by atoms with Gasteiger partial charge in [0.05, 0.1) is 5.02 Å². The fraction of sp³-hybridized carbons (Fsp3) is 0. The molecule has 0 saturated carbocycles. The van der Waals surface area contributed by atoms with Crippen molar-refractivity contribution >= 4 is 27.5 Å². The Balaban J connectivity index is 2.20.